The van der Waals surface area contributed by atoms with Gasteiger partial charge in [0.05, 0.1) is 31.0 Å². The summed E-state index contributed by atoms with van der Waals surface area (Å²) in [5.74, 6) is 2.37. The average Bonchev–Trinajstić information content (AvgIpc) is 3.19. The second kappa shape index (κ2) is 6.65. The molecule has 0 fully saturated rings. The molecule has 0 spiro atoms. The number of aromatic nitrogens is 2. The van der Waals surface area contributed by atoms with Crippen LogP contribution in [0, 0.1) is 0 Å². The van der Waals surface area contributed by atoms with E-state index in [2.05, 4.69) is 5.32 Å². The van der Waals surface area contributed by atoms with Gasteiger partial charge in [0, 0.05) is 5.56 Å². The van der Waals surface area contributed by atoms with Gasteiger partial charge in [0.2, 0.25) is 0 Å². The monoisotopic (exact) mass is 331 g/mol. The number of nitrogens with zero attached hydrogens (tertiary/aromatic N) is 2. The van der Waals surface area contributed by atoms with Crippen molar-refractivity contribution in [3.8, 4) is 17.0 Å². The molecule has 5 nitrogen and oxygen atoms in total. The third kappa shape index (κ3) is 3.17. The second-order valence-electron chi connectivity index (χ2n) is 5.57. The van der Waals surface area contributed by atoms with E-state index >= 15 is 0 Å². The van der Waals surface area contributed by atoms with E-state index in [1.54, 1.807) is 13.4 Å². The molecule has 0 amide bonds. The number of fused-ring (bicyclic) bond motifs is 1. The summed E-state index contributed by atoms with van der Waals surface area (Å²) < 4.78 is 10.6. The number of hydrogen-bond acceptors (Lipinski definition) is 5. The maximum absolute atomic E-state index is 5.39. The van der Waals surface area contributed by atoms with Crippen molar-refractivity contribution in [1.82, 2.24) is 9.97 Å². The molecule has 1 N–H and O–H groups in total. The van der Waals surface area contributed by atoms with Crippen LogP contribution < -0.4 is 10.1 Å². The van der Waals surface area contributed by atoms with Crippen molar-refractivity contribution in [2.45, 2.75) is 6.54 Å². The Morgan fingerprint density at radius 1 is 0.920 bits per heavy atom. The summed E-state index contributed by atoms with van der Waals surface area (Å²) in [4.78, 5) is 9.55. The molecular weight excluding hydrogens is 314 g/mol. The fraction of sp³-hybridized carbons (Fsp3) is 0.100. The fourth-order valence-corrected chi connectivity index (χ4v) is 2.66. The molecule has 2 heterocycles. The maximum atomic E-state index is 5.39. The van der Waals surface area contributed by atoms with Gasteiger partial charge in [-0.25, -0.2) is 9.97 Å². The summed E-state index contributed by atoms with van der Waals surface area (Å²) in [7, 11) is 1.65. The normalized spacial score (nSPS) is 10.8. The van der Waals surface area contributed by atoms with E-state index in [0.29, 0.717) is 6.54 Å². The van der Waals surface area contributed by atoms with Gasteiger partial charge in [-0.05, 0) is 48.5 Å². The molecule has 0 unspecified atom stereocenters. The van der Waals surface area contributed by atoms with Crippen molar-refractivity contribution in [3.05, 3.63) is 72.7 Å². The molecule has 0 saturated heterocycles. The van der Waals surface area contributed by atoms with Crippen LogP contribution in [-0.4, -0.2) is 17.1 Å². The van der Waals surface area contributed by atoms with E-state index in [1.165, 1.54) is 0 Å². The molecule has 0 aliphatic rings. The molecule has 0 aliphatic carbocycles. The van der Waals surface area contributed by atoms with Crippen LogP contribution in [0.1, 0.15) is 5.76 Å². The quantitative estimate of drug-likeness (QED) is 0.583. The highest BCUT2D eigenvalue weighted by Gasteiger charge is 2.11. The summed E-state index contributed by atoms with van der Waals surface area (Å²) in [5.41, 5.74) is 3.48. The lowest BCUT2D eigenvalue weighted by Crippen LogP contribution is -2.04. The van der Waals surface area contributed by atoms with Crippen molar-refractivity contribution in [3.63, 3.8) is 0 Å². The Balaban J connectivity index is 1.77. The molecule has 124 valence electrons. The molecule has 0 bridgehead atoms. The Kier molecular flexibility index (Phi) is 4.04. The van der Waals surface area contributed by atoms with Crippen LogP contribution in [0.4, 0.5) is 5.82 Å². The van der Waals surface area contributed by atoms with Crippen LogP contribution >= 0.6 is 0 Å². The third-order valence-corrected chi connectivity index (χ3v) is 3.94. The lowest BCUT2D eigenvalue weighted by Gasteiger charge is -2.12. The summed E-state index contributed by atoms with van der Waals surface area (Å²) in [6.07, 6.45) is 1.66. The van der Waals surface area contributed by atoms with Gasteiger partial charge in [-0.3, -0.25) is 0 Å². The van der Waals surface area contributed by atoms with Crippen molar-refractivity contribution in [2.75, 3.05) is 12.4 Å². The maximum Gasteiger partial charge on any atom is 0.153 e. The molecule has 0 saturated carbocycles. The lowest BCUT2D eigenvalue weighted by molar-refractivity contribution is 0.415. The van der Waals surface area contributed by atoms with Crippen LogP contribution in [0.3, 0.4) is 0 Å². The summed E-state index contributed by atoms with van der Waals surface area (Å²) in [6, 6.07) is 19.4. The average molecular weight is 331 g/mol. The van der Waals surface area contributed by atoms with E-state index in [9.17, 15) is 0 Å². The Bertz CT molecular complexity index is 980. The summed E-state index contributed by atoms with van der Waals surface area (Å²) in [6.45, 7) is 0.545. The minimum atomic E-state index is 0.545. The van der Waals surface area contributed by atoms with E-state index in [4.69, 9.17) is 19.1 Å². The van der Waals surface area contributed by atoms with Gasteiger partial charge in [-0.1, -0.05) is 12.1 Å². The highest BCUT2D eigenvalue weighted by Crippen LogP contribution is 2.28. The topological polar surface area (TPSA) is 60.2 Å². The van der Waals surface area contributed by atoms with Gasteiger partial charge in [0.25, 0.3) is 0 Å². The lowest BCUT2D eigenvalue weighted by atomic mass is 10.1. The van der Waals surface area contributed by atoms with Crippen molar-refractivity contribution in [2.24, 2.45) is 0 Å². The zero-order chi connectivity index (χ0) is 17.1. The number of anilines is 1. The third-order valence-electron chi connectivity index (χ3n) is 3.94. The molecule has 4 aromatic rings. The van der Waals surface area contributed by atoms with Gasteiger partial charge in [0.1, 0.15) is 17.2 Å². The predicted molar refractivity (Wildman–Crippen MR) is 97.6 cm³/mol. The molecule has 0 radical (unpaired) electrons. The second-order valence-corrected chi connectivity index (χ2v) is 5.57. The van der Waals surface area contributed by atoms with Gasteiger partial charge in [-0.15, -0.1) is 0 Å². The number of ether oxygens (including phenoxy) is 1. The van der Waals surface area contributed by atoms with Crippen molar-refractivity contribution < 1.29 is 9.15 Å². The van der Waals surface area contributed by atoms with E-state index in [1.807, 2.05) is 60.7 Å². The van der Waals surface area contributed by atoms with Gasteiger partial charge in [0.15, 0.2) is 5.82 Å². The van der Waals surface area contributed by atoms with Crippen LogP contribution in [0.5, 0.6) is 5.75 Å². The van der Waals surface area contributed by atoms with Gasteiger partial charge < -0.3 is 14.5 Å². The van der Waals surface area contributed by atoms with Crippen molar-refractivity contribution in [1.29, 1.82) is 0 Å². The minimum Gasteiger partial charge on any atom is -0.497 e. The van der Waals surface area contributed by atoms with Gasteiger partial charge in [-0.2, -0.15) is 0 Å². The number of hydrogen-bond donors (Lipinski definition) is 1. The van der Waals surface area contributed by atoms with Crippen LogP contribution in [0.15, 0.2) is 71.3 Å². The molecule has 0 atom stereocenters. The summed E-state index contributed by atoms with van der Waals surface area (Å²) >= 11 is 0. The number of furan rings is 1. The van der Waals surface area contributed by atoms with Crippen LogP contribution in [0.25, 0.3) is 22.3 Å². The number of benzene rings is 2. The molecule has 2 aromatic carbocycles. The highest BCUT2D eigenvalue weighted by molar-refractivity contribution is 5.83. The zero-order valence-electron chi connectivity index (χ0n) is 13.8. The first-order valence-electron chi connectivity index (χ1n) is 8.01. The first-order valence-corrected chi connectivity index (χ1v) is 8.01. The Morgan fingerprint density at radius 2 is 1.68 bits per heavy atom. The van der Waals surface area contributed by atoms with E-state index < -0.39 is 0 Å². The van der Waals surface area contributed by atoms with Crippen molar-refractivity contribution >= 4 is 16.9 Å². The fourth-order valence-electron chi connectivity index (χ4n) is 2.66. The standard InChI is InChI=1S/C20H17N3O2/c1-24-15-10-8-14(9-11-15)19-20(21-13-16-5-4-12-25-16)23-18-7-3-2-6-17(18)22-19/h2-12H,13H2,1H3,(H,21,23). The minimum absolute atomic E-state index is 0.545. The van der Waals surface area contributed by atoms with Crippen LogP contribution in [0.2, 0.25) is 0 Å². The SMILES string of the molecule is COc1ccc(-c2nc3ccccc3nc2NCc2ccco2)cc1. The Labute approximate surface area is 145 Å². The first kappa shape index (κ1) is 15.2. The Morgan fingerprint density at radius 3 is 2.36 bits per heavy atom. The summed E-state index contributed by atoms with van der Waals surface area (Å²) in [5, 5.41) is 3.34. The number of methoxy groups -OCH3 is 1. The highest BCUT2D eigenvalue weighted by atomic mass is 16.5. The molecule has 25 heavy (non-hydrogen) atoms. The van der Waals surface area contributed by atoms with E-state index in [-0.39, 0.29) is 0 Å². The van der Waals surface area contributed by atoms with Gasteiger partial charge >= 0.3 is 0 Å². The van der Waals surface area contributed by atoms with E-state index in [0.717, 1.165) is 39.6 Å². The molecular formula is C20H17N3O2. The molecule has 0 aliphatic heterocycles. The Hall–Kier alpha value is -3.34. The molecule has 4 rings (SSSR count). The smallest absolute Gasteiger partial charge is 0.153 e. The number of para-hydroxylation sites is 2. The number of rotatable bonds is 5. The molecule has 2 aromatic heterocycles. The largest absolute Gasteiger partial charge is 0.497 e. The predicted octanol–water partition coefficient (Wildman–Crippen LogP) is 4.51. The molecule has 5 heteroatoms. The number of nitrogens with one attached hydrogen (secondary N) is 1. The zero-order valence-corrected chi connectivity index (χ0v) is 13.8. The van der Waals surface area contributed by atoms with Crippen LogP contribution in [-0.2, 0) is 6.54 Å². The first-order chi connectivity index (χ1) is 12.3.